The van der Waals surface area contributed by atoms with Crippen LogP contribution in [0.5, 0.6) is 0 Å². The molecule has 12 heavy (non-hydrogen) atoms. The molecule has 0 amide bonds. The smallest absolute Gasteiger partial charge is 0.00773 e. The highest BCUT2D eigenvalue weighted by atomic mass is 14.5. The lowest BCUT2D eigenvalue weighted by molar-refractivity contribution is 0.622. The average molecular weight is 169 g/mol. The summed E-state index contributed by atoms with van der Waals surface area (Å²) in [6, 6.07) is 0. The van der Waals surface area contributed by atoms with Gasteiger partial charge in [-0.2, -0.15) is 0 Å². The van der Waals surface area contributed by atoms with Crippen LogP contribution >= 0.6 is 0 Å². The van der Waals surface area contributed by atoms with Crippen LogP contribution in [-0.2, 0) is 0 Å². The van der Waals surface area contributed by atoms with Gasteiger partial charge in [0.25, 0.3) is 0 Å². The van der Waals surface area contributed by atoms with E-state index < -0.39 is 0 Å². The summed E-state index contributed by atoms with van der Waals surface area (Å²) in [5.74, 6) is 0. The van der Waals surface area contributed by atoms with Gasteiger partial charge in [0.05, 0.1) is 0 Å². The van der Waals surface area contributed by atoms with Crippen molar-refractivity contribution in [2.75, 3.05) is 6.54 Å². The molecular weight excluding hydrogens is 146 g/mol. The minimum Gasteiger partial charge on any atom is -0.330 e. The monoisotopic (exact) mass is 169 g/mol. The first-order valence-corrected chi connectivity index (χ1v) is 5.27. The Morgan fingerprint density at radius 2 is 1.58 bits per heavy atom. The highest BCUT2D eigenvalue weighted by Gasteiger charge is 1.87. The van der Waals surface area contributed by atoms with Crippen LogP contribution in [0.4, 0.5) is 0 Å². The third-order valence-corrected chi connectivity index (χ3v) is 1.98. The van der Waals surface area contributed by atoms with Gasteiger partial charge in [0, 0.05) is 0 Å². The Labute approximate surface area is 77.0 Å². The van der Waals surface area contributed by atoms with Crippen molar-refractivity contribution in [2.45, 2.75) is 51.9 Å². The molecule has 0 bridgehead atoms. The predicted molar refractivity (Wildman–Crippen MR) is 56.2 cm³/mol. The van der Waals surface area contributed by atoms with E-state index in [0.717, 1.165) is 6.54 Å². The Kier molecular flexibility index (Phi) is 10.4. The third kappa shape index (κ3) is 9.70. The first kappa shape index (κ1) is 11.7. The minimum atomic E-state index is 0.857. The maximum absolute atomic E-state index is 5.40. The van der Waals surface area contributed by atoms with E-state index in [1.54, 1.807) is 0 Å². The molecule has 0 aromatic rings. The standard InChI is InChI=1S/C11H23N/c1-2-3-4-5-6-7-8-9-10-11-12/h3-4H,2,5-12H2,1H3/b4-3-. The molecule has 0 unspecified atom stereocenters. The van der Waals surface area contributed by atoms with Crippen LogP contribution in [0.25, 0.3) is 0 Å². The molecule has 72 valence electrons. The molecule has 0 radical (unpaired) electrons. The quantitative estimate of drug-likeness (QED) is 0.438. The largest absolute Gasteiger partial charge is 0.330 e. The molecule has 0 atom stereocenters. The van der Waals surface area contributed by atoms with Gasteiger partial charge in [-0.15, -0.1) is 0 Å². The fourth-order valence-corrected chi connectivity index (χ4v) is 1.22. The zero-order valence-electron chi connectivity index (χ0n) is 8.39. The Hall–Kier alpha value is -0.300. The topological polar surface area (TPSA) is 26.0 Å². The van der Waals surface area contributed by atoms with E-state index in [0.29, 0.717) is 0 Å². The van der Waals surface area contributed by atoms with Gasteiger partial charge >= 0.3 is 0 Å². The van der Waals surface area contributed by atoms with Crippen LogP contribution in [0.3, 0.4) is 0 Å². The summed E-state index contributed by atoms with van der Waals surface area (Å²) in [6.07, 6.45) is 13.6. The zero-order chi connectivity index (χ0) is 9.07. The second kappa shape index (κ2) is 10.7. The summed E-state index contributed by atoms with van der Waals surface area (Å²) in [5.41, 5.74) is 5.40. The SMILES string of the molecule is CC/C=C\CCCCCCCN. The predicted octanol–water partition coefficient (Wildman–Crippen LogP) is 3.25. The number of unbranched alkanes of at least 4 members (excludes halogenated alkanes) is 5. The fourth-order valence-electron chi connectivity index (χ4n) is 1.22. The molecule has 0 saturated carbocycles. The van der Waals surface area contributed by atoms with Crippen molar-refractivity contribution >= 4 is 0 Å². The maximum atomic E-state index is 5.40. The van der Waals surface area contributed by atoms with Gasteiger partial charge in [-0.1, -0.05) is 38.3 Å². The van der Waals surface area contributed by atoms with Gasteiger partial charge in [-0.05, 0) is 32.2 Å². The number of allylic oxidation sites excluding steroid dienone is 2. The Morgan fingerprint density at radius 3 is 2.25 bits per heavy atom. The van der Waals surface area contributed by atoms with Gasteiger partial charge in [0.2, 0.25) is 0 Å². The molecule has 0 rings (SSSR count). The van der Waals surface area contributed by atoms with Crippen LogP contribution in [-0.4, -0.2) is 6.54 Å². The Morgan fingerprint density at radius 1 is 0.917 bits per heavy atom. The lowest BCUT2D eigenvalue weighted by atomic mass is 10.1. The van der Waals surface area contributed by atoms with Gasteiger partial charge < -0.3 is 5.73 Å². The molecule has 0 spiro atoms. The first-order valence-electron chi connectivity index (χ1n) is 5.27. The van der Waals surface area contributed by atoms with E-state index >= 15 is 0 Å². The van der Waals surface area contributed by atoms with Crippen molar-refractivity contribution in [3.63, 3.8) is 0 Å². The molecular formula is C11H23N. The summed E-state index contributed by atoms with van der Waals surface area (Å²) in [5, 5.41) is 0. The summed E-state index contributed by atoms with van der Waals surface area (Å²) in [6.45, 7) is 3.04. The molecule has 0 fully saturated rings. The molecule has 1 heteroatoms. The molecule has 1 nitrogen and oxygen atoms in total. The van der Waals surface area contributed by atoms with E-state index in [-0.39, 0.29) is 0 Å². The second-order valence-electron chi connectivity index (χ2n) is 3.22. The highest BCUT2D eigenvalue weighted by molar-refractivity contribution is 4.79. The van der Waals surface area contributed by atoms with Crippen molar-refractivity contribution in [2.24, 2.45) is 5.73 Å². The van der Waals surface area contributed by atoms with E-state index in [2.05, 4.69) is 19.1 Å². The molecule has 0 aliphatic rings. The molecule has 0 aliphatic carbocycles. The summed E-state index contributed by atoms with van der Waals surface area (Å²) in [7, 11) is 0. The van der Waals surface area contributed by atoms with Crippen molar-refractivity contribution in [1.29, 1.82) is 0 Å². The zero-order valence-corrected chi connectivity index (χ0v) is 8.39. The van der Waals surface area contributed by atoms with Gasteiger partial charge in [-0.25, -0.2) is 0 Å². The second-order valence-corrected chi connectivity index (χ2v) is 3.22. The van der Waals surface area contributed by atoms with Crippen molar-refractivity contribution in [3.05, 3.63) is 12.2 Å². The van der Waals surface area contributed by atoms with Crippen LogP contribution in [0, 0.1) is 0 Å². The van der Waals surface area contributed by atoms with E-state index in [1.807, 2.05) is 0 Å². The molecule has 0 aliphatic heterocycles. The minimum absolute atomic E-state index is 0.857. The first-order chi connectivity index (χ1) is 5.91. The number of hydrogen-bond acceptors (Lipinski definition) is 1. The third-order valence-electron chi connectivity index (χ3n) is 1.98. The van der Waals surface area contributed by atoms with E-state index in [4.69, 9.17) is 5.73 Å². The van der Waals surface area contributed by atoms with E-state index in [9.17, 15) is 0 Å². The molecule has 0 saturated heterocycles. The summed E-state index contributed by atoms with van der Waals surface area (Å²) in [4.78, 5) is 0. The Balaban J connectivity index is 2.86. The Bertz CT molecular complexity index is 97.2. The molecule has 0 aromatic heterocycles. The number of hydrogen-bond donors (Lipinski definition) is 1. The summed E-state index contributed by atoms with van der Waals surface area (Å²) >= 11 is 0. The van der Waals surface area contributed by atoms with Crippen molar-refractivity contribution in [3.8, 4) is 0 Å². The van der Waals surface area contributed by atoms with Gasteiger partial charge in [0.1, 0.15) is 0 Å². The van der Waals surface area contributed by atoms with Gasteiger partial charge in [0.15, 0.2) is 0 Å². The van der Waals surface area contributed by atoms with Crippen LogP contribution in [0.15, 0.2) is 12.2 Å². The number of nitrogens with two attached hydrogens (primary N) is 1. The van der Waals surface area contributed by atoms with Gasteiger partial charge in [-0.3, -0.25) is 0 Å². The highest BCUT2D eigenvalue weighted by Crippen LogP contribution is 2.05. The number of rotatable bonds is 8. The maximum Gasteiger partial charge on any atom is -0.00773 e. The van der Waals surface area contributed by atoms with Crippen LogP contribution in [0.2, 0.25) is 0 Å². The molecule has 2 N–H and O–H groups in total. The average Bonchev–Trinajstić information content (AvgIpc) is 2.10. The molecule has 0 aromatic carbocycles. The van der Waals surface area contributed by atoms with Crippen LogP contribution in [0.1, 0.15) is 51.9 Å². The van der Waals surface area contributed by atoms with E-state index in [1.165, 1.54) is 44.9 Å². The van der Waals surface area contributed by atoms with Crippen LogP contribution < -0.4 is 5.73 Å². The molecule has 0 heterocycles. The van der Waals surface area contributed by atoms with Crippen molar-refractivity contribution < 1.29 is 0 Å². The normalized spacial score (nSPS) is 11.2. The lowest BCUT2D eigenvalue weighted by Gasteiger charge is -1.97. The summed E-state index contributed by atoms with van der Waals surface area (Å²) < 4.78 is 0. The fraction of sp³-hybridized carbons (Fsp3) is 0.818. The van der Waals surface area contributed by atoms with Crippen molar-refractivity contribution in [1.82, 2.24) is 0 Å². The lowest BCUT2D eigenvalue weighted by Crippen LogP contribution is -1.97.